The first-order valence-corrected chi connectivity index (χ1v) is 8.14. The van der Waals surface area contributed by atoms with Crippen LogP contribution in [0.25, 0.3) is 22.2 Å². The van der Waals surface area contributed by atoms with Crippen LogP contribution in [0.3, 0.4) is 0 Å². The molecule has 0 spiro atoms. The van der Waals surface area contributed by atoms with E-state index in [9.17, 15) is 0 Å². The van der Waals surface area contributed by atoms with Gasteiger partial charge in [0, 0.05) is 55.7 Å². The number of aliphatic imine (C=N–C) groups is 1. The standard InChI is InChI=1S/C18H20N6/c1-19-12-23-14-4-7-24(11-14)15-8-16-17(10-22-18(16)21-9-15)13-2-5-20-6-3-13/h2-3,5-6,8-10,12,14H,4,7,11H2,1H3,(H,19,23)(H,21,22). The van der Waals surface area contributed by atoms with Crippen LogP contribution in [0.4, 0.5) is 5.69 Å². The molecule has 0 bridgehead atoms. The van der Waals surface area contributed by atoms with Crippen molar-refractivity contribution in [1.82, 2.24) is 20.3 Å². The third-order valence-electron chi connectivity index (χ3n) is 4.50. The number of aromatic amines is 1. The van der Waals surface area contributed by atoms with E-state index in [4.69, 9.17) is 0 Å². The summed E-state index contributed by atoms with van der Waals surface area (Å²) in [5.41, 5.74) is 4.39. The first-order valence-electron chi connectivity index (χ1n) is 8.14. The van der Waals surface area contributed by atoms with Crippen molar-refractivity contribution in [3.63, 3.8) is 0 Å². The number of hydrogen-bond acceptors (Lipinski definition) is 4. The number of anilines is 1. The van der Waals surface area contributed by atoms with Crippen LogP contribution in [0, 0.1) is 0 Å². The van der Waals surface area contributed by atoms with Crippen LogP contribution in [-0.2, 0) is 0 Å². The molecule has 1 unspecified atom stereocenters. The molecule has 3 aromatic heterocycles. The lowest BCUT2D eigenvalue weighted by Crippen LogP contribution is -2.31. The number of hydrogen-bond donors (Lipinski definition) is 2. The lowest BCUT2D eigenvalue weighted by Gasteiger charge is -2.18. The van der Waals surface area contributed by atoms with E-state index in [1.165, 1.54) is 0 Å². The number of nitrogens with zero attached hydrogens (tertiary/aromatic N) is 4. The fourth-order valence-electron chi connectivity index (χ4n) is 3.25. The summed E-state index contributed by atoms with van der Waals surface area (Å²) in [5, 5.41) is 4.48. The van der Waals surface area contributed by atoms with Crippen LogP contribution in [0.1, 0.15) is 6.42 Å². The molecule has 6 nitrogen and oxygen atoms in total. The predicted molar refractivity (Wildman–Crippen MR) is 97.5 cm³/mol. The number of nitrogens with one attached hydrogen (secondary N) is 2. The van der Waals surface area contributed by atoms with E-state index in [2.05, 4.69) is 36.2 Å². The molecule has 0 aliphatic carbocycles. The van der Waals surface area contributed by atoms with Crippen molar-refractivity contribution in [2.45, 2.75) is 12.5 Å². The minimum atomic E-state index is 0.440. The molecule has 0 saturated carbocycles. The quantitative estimate of drug-likeness (QED) is 0.572. The summed E-state index contributed by atoms with van der Waals surface area (Å²) >= 11 is 0. The highest BCUT2D eigenvalue weighted by Crippen LogP contribution is 2.30. The molecular weight excluding hydrogens is 300 g/mol. The largest absolute Gasteiger partial charge is 0.372 e. The highest BCUT2D eigenvalue weighted by molar-refractivity contribution is 5.95. The van der Waals surface area contributed by atoms with Gasteiger partial charge in [-0.05, 0) is 30.2 Å². The summed E-state index contributed by atoms with van der Waals surface area (Å²) in [6.45, 7) is 1.99. The van der Waals surface area contributed by atoms with Gasteiger partial charge in [0.1, 0.15) is 5.65 Å². The van der Waals surface area contributed by atoms with E-state index < -0.39 is 0 Å². The van der Waals surface area contributed by atoms with Crippen molar-refractivity contribution >= 4 is 23.1 Å². The molecule has 4 heterocycles. The van der Waals surface area contributed by atoms with Gasteiger partial charge >= 0.3 is 0 Å². The van der Waals surface area contributed by atoms with E-state index in [1.54, 1.807) is 13.4 Å². The van der Waals surface area contributed by atoms with Crippen molar-refractivity contribution in [1.29, 1.82) is 0 Å². The second-order valence-electron chi connectivity index (χ2n) is 6.01. The van der Waals surface area contributed by atoms with Gasteiger partial charge in [-0.3, -0.25) is 9.98 Å². The Bertz CT molecular complexity index is 854. The van der Waals surface area contributed by atoms with Crippen LogP contribution >= 0.6 is 0 Å². The van der Waals surface area contributed by atoms with Crippen molar-refractivity contribution in [2.75, 3.05) is 25.0 Å². The Hall–Kier alpha value is -2.89. The molecule has 1 atom stereocenters. The third-order valence-corrected chi connectivity index (χ3v) is 4.50. The Kier molecular flexibility index (Phi) is 3.86. The van der Waals surface area contributed by atoms with Crippen LogP contribution in [0.5, 0.6) is 0 Å². The van der Waals surface area contributed by atoms with Crippen LogP contribution in [0.2, 0.25) is 0 Å². The SMILES string of the molecule is CN=CNC1CCN(c2cnc3[nH]cc(-c4ccncc4)c3c2)C1. The molecule has 6 heteroatoms. The maximum atomic E-state index is 4.60. The summed E-state index contributed by atoms with van der Waals surface area (Å²) in [6.07, 6.45) is 10.5. The molecule has 1 aliphatic heterocycles. The summed E-state index contributed by atoms with van der Waals surface area (Å²) in [4.78, 5) is 18.3. The molecule has 4 rings (SSSR count). The second-order valence-corrected chi connectivity index (χ2v) is 6.01. The van der Waals surface area contributed by atoms with Crippen LogP contribution < -0.4 is 10.2 Å². The highest BCUT2D eigenvalue weighted by atomic mass is 15.2. The molecule has 3 aromatic rings. The third kappa shape index (κ3) is 2.71. The fraction of sp³-hybridized carbons (Fsp3) is 0.278. The van der Waals surface area contributed by atoms with Gasteiger partial charge in [0.15, 0.2) is 0 Å². The predicted octanol–water partition coefficient (Wildman–Crippen LogP) is 2.45. The van der Waals surface area contributed by atoms with E-state index in [0.29, 0.717) is 6.04 Å². The average Bonchev–Trinajstić information content (AvgIpc) is 3.27. The van der Waals surface area contributed by atoms with Gasteiger partial charge in [-0.25, -0.2) is 4.98 Å². The Morgan fingerprint density at radius 3 is 3.08 bits per heavy atom. The molecule has 1 fully saturated rings. The summed E-state index contributed by atoms with van der Waals surface area (Å²) < 4.78 is 0. The second kappa shape index (κ2) is 6.31. The van der Waals surface area contributed by atoms with E-state index in [-0.39, 0.29) is 0 Å². The summed E-state index contributed by atoms with van der Waals surface area (Å²) in [7, 11) is 1.78. The lowest BCUT2D eigenvalue weighted by atomic mass is 10.1. The normalized spacial score (nSPS) is 17.9. The molecule has 0 radical (unpaired) electrons. The molecular formula is C18H20N6. The number of H-pyrrole nitrogens is 1. The molecule has 0 amide bonds. The van der Waals surface area contributed by atoms with E-state index in [1.807, 2.05) is 36.9 Å². The van der Waals surface area contributed by atoms with Crippen molar-refractivity contribution in [3.8, 4) is 11.1 Å². The highest BCUT2D eigenvalue weighted by Gasteiger charge is 2.22. The maximum absolute atomic E-state index is 4.60. The Morgan fingerprint density at radius 2 is 2.25 bits per heavy atom. The first-order chi connectivity index (χ1) is 11.8. The van der Waals surface area contributed by atoms with Gasteiger partial charge in [0.25, 0.3) is 0 Å². The number of pyridine rings is 2. The smallest absolute Gasteiger partial charge is 0.138 e. The monoisotopic (exact) mass is 320 g/mol. The van der Waals surface area contributed by atoms with E-state index in [0.717, 1.165) is 47.4 Å². The maximum Gasteiger partial charge on any atom is 0.138 e. The topological polar surface area (TPSA) is 69.2 Å². The molecule has 122 valence electrons. The minimum Gasteiger partial charge on any atom is -0.372 e. The van der Waals surface area contributed by atoms with E-state index >= 15 is 0 Å². The van der Waals surface area contributed by atoms with Gasteiger partial charge in [-0.2, -0.15) is 0 Å². The summed E-state index contributed by atoms with van der Waals surface area (Å²) in [5.74, 6) is 0. The van der Waals surface area contributed by atoms with Gasteiger partial charge in [0.05, 0.1) is 18.2 Å². The zero-order valence-electron chi connectivity index (χ0n) is 13.6. The Labute approximate surface area is 140 Å². The number of fused-ring (bicyclic) bond motifs is 1. The van der Waals surface area contributed by atoms with Gasteiger partial charge in [-0.15, -0.1) is 0 Å². The van der Waals surface area contributed by atoms with Gasteiger partial charge < -0.3 is 15.2 Å². The number of rotatable bonds is 4. The Balaban J connectivity index is 1.64. The minimum absolute atomic E-state index is 0.440. The zero-order valence-corrected chi connectivity index (χ0v) is 13.6. The van der Waals surface area contributed by atoms with Gasteiger partial charge in [0.2, 0.25) is 0 Å². The Morgan fingerprint density at radius 1 is 1.38 bits per heavy atom. The lowest BCUT2D eigenvalue weighted by molar-refractivity contribution is 0.678. The summed E-state index contributed by atoms with van der Waals surface area (Å²) in [6, 6.07) is 6.71. The molecule has 24 heavy (non-hydrogen) atoms. The van der Waals surface area contributed by atoms with Crippen LogP contribution in [0.15, 0.2) is 48.0 Å². The van der Waals surface area contributed by atoms with Crippen LogP contribution in [-0.4, -0.2) is 47.5 Å². The molecule has 2 N–H and O–H groups in total. The molecule has 1 aliphatic rings. The fourth-order valence-corrected chi connectivity index (χ4v) is 3.25. The van der Waals surface area contributed by atoms with Crippen molar-refractivity contribution < 1.29 is 0 Å². The number of aromatic nitrogens is 3. The first kappa shape index (κ1) is 14.7. The zero-order chi connectivity index (χ0) is 16.4. The van der Waals surface area contributed by atoms with Crippen molar-refractivity contribution in [3.05, 3.63) is 43.0 Å². The molecule has 0 aromatic carbocycles. The van der Waals surface area contributed by atoms with Gasteiger partial charge in [-0.1, -0.05) is 0 Å². The van der Waals surface area contributed by atoms with Crippen molar-refractivity contribution in [2.24, 2.45) is 4.99 Å². The molecule has 1 saturated heterocycles. The average molecular weight is 320 g/mol.